The van der Waals surface area contributed by atoms with E-state index in [0.29, 0.717) is 12.6 Å². The topological polar surface area (TPSA) is 35.6 Å². The van der Waals surface area contributed by atoms with Gasteiger partial charge >= 0.3 is 0 Å². The molecule has 6 heteroatoms. The molecule has 0 aliphatic carbocycles. The molecule has 0 radical (unpaired) electrons. The normalized spacial score (nSPS) is 19.5. The van der Waals surface area contributed by atoms with Crippen LogP contribution >= 0.6 is 24.8 Å². The van der Waals surface area contributed by atoms with E-state index in [1.54, 1.807) is 0 Å². The maximum Gasteiger partial charge on any atom is 0.237 e. The van der Waals surface area contributed by atoms with Crippen LogP contribution in [0.4, 0.5) is 0 Å². The quantitative estimate of drug-likeness (QED) is 0.837. The number of nitrogens with one attached hydrogen (secondary N) is 1. The molecule has 1 unspecified atom stereocenters. The number of amides is 1. The lowest BCUT2D eigenvalue weighted by Crippen LogP contribution is -2.54. The van der Waals surface area contributed by atoms with Gasteiger partial charge in [-0.25, -0.2) is 0 Å². The highest BCUT2D eigenvalue weighted by atomic mass is 35.5. The van der Waals surface area contributed by atoms with Crippen molar-refractivity contribution in [1.29, 1.82) is 0 Å². The van der Waals surface area contributed by atoms with E-state index in [1.165, 1.54) is 0 Å². The van der Waals surface area contributed by atoms with Crippen molar-refractivity contribution in [2.45, 2.75) is 26.8 Å². The van der Waals surface area contributed by atoms with Crippen molar-refractivity contribution in [1.82, 2.24) is 15.1 Å². The number of hydrogen-bond acceptors (Lipinski definition) is 3. The second kappa shape index (κ2) is 9.95. The number of likely N-dealkylation sites (N-methyl/N-ethyl adjacent to an activating group) is 1. The van der Waals surface area contributed by atoms with Crippen LogP contribution in [0.3, 0.4) is 0 Å². The van der Waals surface area contributed by atoms with Crippen molar-refractivity contribution < 1.29 is 4.79 Å². The number of carbonyl (C=O) groups is 1. The molecule has 1 saturated heterocycles. The molecule has 1 N–H and O–H groups in total. The Balaban J connectivity index is 0. The van der Waals surface area contributed by atoms with E-state index in [9.17, 15) is 4.79 Å². The fraction of sp³-hybridized carbons (Fsp3) is 0.909. The number of nitrogens with zero attached hydrogens (tertiary/aromatic N) is 2. The Labute approximate surface area is 117 Å². The summed E-state index contributed by atoms with van der Waals surface area (Å²) in [6, 6.07) is 0.335. The van der Waals surface area contributed by atoms with Gasteiger partial charge < -0.3 is 10.2 Å². The molecule has 1 atom stereocenters. The fourth-order valence-electron chi connectivity index (χ4n) is 1.94. The second-order valence-corrected chi connectivity index (χ2v) is 4.10. The summed E-state index contributed by atoms with van der Waals surface area (Å²) in [5, 5.41) is 3.29. The van der Waals surface area contributed by atoms with Crippen LogP contribution in [-0.2, 0) is 4.79 Å². The molecule has 0 saturated carbocycles. The van der Waals surface area contributed by atoms with E-state index in [-0.39, 0.29) is 30.7 Å². The smallest absolute Gasteiger partial charge is 0.237 e. The molecule has 0 aromatic heterocycles. The number of rotatable bonds is 4. The molecule has 17 heavy (non-hydrogen) atoms. The Morgan fingerprint density at radius 2 is 1.94 bits per heavy atom. The minimum Gasteiger partial charge on any atom is -0.336 e. The van der Waals surface area contributed by atoms with Gasteiger partial charge in [-0.1, -0.05) is 13.8 Å². The van der Waals surface area contributed by atoms with Gasteiger partial charge in [-0.05, 0) is 20.0 Å². The van der Waals surface area contributed by atoms with E-state index < -0.39 is 0 Å². The Bertz CT molecular complexity index is 213. The highest BCUT2D eigenvalue weighted by molar-refractivity contribution is 5.85. The summed E-state index contributed by atoms with van der Waals surface area (Å²) in [5.74, 6) is 0.271. The van der Waals surface area contributed by atoms with Crippen LogP contribution in [0.5, 0.6) is 0 Å². The predicted molar refractivity (Wildman–Crippen MR) is 76.3 cm³/mol. The maximum atomic E-state index is 12.0. The molecule has 0 aromatic carbocycles. The van der Waals surface area contributed by atoms with Crippen LogP contribution < -0.4 is 5.32 Å². The molecule has 1 aliphatic heterocycles. The summed E-state index contributed by atoms with van der Waals surface area (Å²) >= 11 is 0. The van der Waals surface area contributed by atoms with Crippen LogP contribution in [0.15, 0.2) is 0 Å². The zero-order valence-corrected chi connectivity index (χ0v) is 12.6. The maximum absolute atomic E-state index is 12.0. The van der Waals surface area contributed by atoms with E-state index in [0.717, 1.165) is 32.7 Å². The summed E-state index contributed by atoms with van der Waals surface area (Å²) in [5.41, 5.74) is 0. The average Bonchev–Trinajstić information content (AvgIpc) is 2.26. The first-order chi connectivity index (χ1) is 7.19. The first-order valence-corrected chi connectivity index (χ1v) is 5.91. The Morgan fingerprint density at radius 3 is 2.41 bits per heavy atom. The third-order valence-corrected chi connectivity index (χ3v) is 3.07. The third kappa shape index (κ3) is 5.91. The first-order valence-electron chi connectivity index (χ1n) is 5.91. The van der Waals surface area contributed by atoms with Gasteiger partial charge in [-0.2, -0.15) is 0 Å². The van der Waals surface area contributed by atoms with Crippen molar-refractivity contribution in [3.63, 3.8) is 0 Å². The molecule has 1 rings (SSSR count). The van der Waals surface area contributed by atoms with E-state index in [1.807, 2.05) is 4.90 Å². The van der Waals surface area contributed by atoms with Crippen LogP contribution in [0.1, 0.15) is 20.8 Å². The van der Waals surface area contributed by atoms with Gasteiger partial charge in [0.05, 0.1) is 6.54 Å². The highest BCUT2D eigenvalue weighted by Gasteiger charge is 2.23. The molecule has 104 valence electrons. The Morgan fingerprint density at radius 1 is 1.35 bits per heavy atom. The van der Waals surface area contributed by atoms with E-state index in [4.69, 9.17) is 0 Å². The summed E-state index contributed by atoms with van der Waals surface area (Å²) in [6.45, 7) is 11.4. The lowest BCUT2D eigenvalue weighted by atomic mass is 10.2. The SMILES string of the molecule is CCN(CC)CC(=O)N1CCNCC1C.Cl.Cl. The highest BCUT2D eigenvalue weighted by Crippen LogP contribution is 2.03. The molecule has 0 spiro atoms. The molecule has 1 amide bonds. The minimum atomic E-state index is 0. The van der Waals surface area contributed by atoms with Crippen molar-refractivity contribution in [3.8, 4) is 0 Å². The summed E-state index contributed by atoms with van der Waals surface area (Å²) in [7, 11) is 0. The number of hydrogen-bond donors (Lipinski definition) is 1. The minimum absolute atomic E-state index is 0. The monoisotopic (exact) mass is 285 g/mol. The molecule has 1 fully saturated rings. The number of halogens is 2. The number of piperazine rings is 1. The average molecular weight is 286 g/mol. The van der Waals surface area contributed by atoms with Crippen molar-refractivity contribution in [2.24, 2.45) is 0 Å². The Hall–Kier alpha value is -0.0300. The van der Waals surface area contributed by atoms with Gasteiger partial charge in [-0.15, -0.1) is 24.8 Å². The van der Waals surface area contributed by atoms with Crippen LogP contribution in [0.2, 0.25) is 0 Å². The van der Waals surface area contributed by atoms with Gasteiger partial charge in [0.1, 0.15) is 0 Å². The van der Waals surface area contributed by atoms with Crippen LogP contribution in [-0.4, -0.2) is 61.0 Å². The summed E-state index contributed by atoms with van der Waals surface area (Å²) in [4.78, 5) is 16.2. The van der Waals surface area contributed by atoms with Crippen LogP contribution in [0.25, 0.3) is 0 Å². The molecule has 4 nitrogen and oxygen atoms in total. The van der Waals surface area contributed by atoms with Gasteiger partial charge in [0.25, 0.3) is 0 Å². The van der Waals surface area contributed by atoms with Crippen LogP contribution in [0, 0.1) is 0 Å². The van der Waals surface area contributed by atoms with Gasteiger partial charge in [0.2, 0.25) is 5.91 Å². The van der Waals surface area contributed by atoms with Gasteiger partial charge in [-0.3, -0.25) is 9.69 Å². The first kappa shape index (κ1) is 19.3. The predicted octanol–water partition coefficient (Wildman–Crippen LogP) is 0.992. The lowest BCUT2D eigenvalue weighted by Gasteiger charge is -2.35. The molecule has 1 heterocycles. The lowest BCUT2D eigenvalue weighted by molar-refractivity contribution is -0.135. The standard InChI is InChI=1S/C11H23N3O.2ClH/c1-4-13(5-2)9-11(15)14-7-6-12-8-10(14)3;;/h10,12H,4-9H2,1-3H3;2*1H. The zero-order chi connectivity index (χ0) is 11.3. The fourth-order valence-corrected chi connectivity index (χ4v) is 1.94. The van der Waals surface area contributed by atoms with Gasteiger partial charge in [0, 0.05) is 25.7 Å². The molecular formula is C11H25Cl2N3O. The molecular weight excluding hydrogens is 261 g/mol. The Kier molecular flexibility index (Phi) is 11.3. The molecule has 0 bridgehead atoms. The number of carbonyl (C=O) groups excluding carboxylic acids is 1. The van der Waals surface area contributed by atoms with Crippen molar-refractivity contribution in [2.75, 3.05) is 39.3 Å². The van der Waals surface area contributed by atoms with E-state index in [2.05, 4.69) is 31.0 Å². The van der Waals surface area contributed by atoms with Crippen molar-refractivity contribution >= 4 is 30.7 Å². The summed E-state index contributed by atoms with van der Waals surface area (Å²) < 4.78 is 0. The second-order valence-electron chi connectivity index (χ2n) is 4.10. The zero-order valence-electron chi connectivity index (χ0n) is 10.9. The molecule has 0 aromatic rings. The van der Waals surface area contributed by atoms with Gasteiger partial charge in [0.15, 0.2) is 0 Å². The third-order valence-electron chi connectivity index (χ3n) is 3.07. The van der Waals surface area contributed by atoms with E-state index >= 15 is 0 Å². The largest absolute Gasteiger partial charge is 0.336 e. The summed E-state index contributed by atoms with van der Waals surface area (Å²) in [6.07, 6.45) is 0. The van der Waals surface area contributed by atoms with Crippen molar-refractivity contribution in [3.05, 3.63) is 0 Å². The molecule has 1 aliphatic rings.